The molecule has 0 saturated heterocycles. The zero-order chi connectivity index (χ0) is 15.2. The molecule has 3 nitrogen and oxygen atoms in total. The molecule has 0 fully saturated rings. The lowest BCUT2D eigenvalue weighted by Crippen LogP contribution is -2.54. The van der Waals surface area contributed by atoms with Crippen LogP contribution in [-0.2, 0) is 4.79 Å². The van der Waals surface area contributed by atoms with Gasteiger partial charge in [0.15, 0.2) is 0 Å². The SMILES string of the molecule is CCCNC(C)(CC(C)Sc1ccc(Br)cc1)C(N)=O. The van der Waals surface area contributed by atoms with Gasteiger partial charge in [-0.1, -0.05) is 29.8 Å². The standard InChI is InChI=1S/C15H23BrN2OS/c1-4-9-18-15(3,14(17)19)10-11(2)20-13-7-5-12(16)6-8-13/h5-8,11,18H,4,9-10H2,1-3H3,(H2,17,19). The van der Waals surface area contributed by atoms with Crippen LogP contribution in [0.2, 0.25) is 0 Å². The number of primary amides is 1. The van der Waals surface area contributed by atoms with Gasteiger partial charge < -0.3 is 11.1 Å². The maximum atomic E-state index is 11.7. The molecule has 3 N–H and O–H groups in total. The highest BCUT2D eigenvalue weighted by atomic mass is 79.9. The summed E-state index contributed by atoms with van der Waals surface area (Å²) < 4.78 is 1.07. The molecule has 2 atom stereocenters. The fourth-order valence-electron chi connectivity index (χ4n) is 2.02. The number of nitrogens with two attached hydrogens (primary N) is 1. The van der Waals surface area contributed by atoms with Crippen molar-refractivity contribution >= 4 is 33.6 Å². The van der Waals surface area contributed by atoms with Crippen LogP contribution in [0.3, 0.4) is 0 Å². The van der Waals surface area contributed by atoms with Crippen LogP contribution in [0.5, 0.6) is 0 Å². The quantitative estimate of drug-likeness (QED) is 0.698. The van der Waals surface area contributed by atoms with Crippen LogP contribution in [0.15, 0.2) is 33.6 Å². The van der Waals surface area contributed by atoms with E-state index >= 15 is 0 Å². The van der Waals surface area contributed by atoms with Crippen LogP contribution < -0.4 is 11.1 Å². The van der Waals surface area contributed by atoms with E-state index in [1.165, 1.54) is 4.90 Å². The normalized spacial score (nSPS) is 15.6. The Kier molecular flexibility index (Phi) is 7.06. The predicted octanol–water partition coefficient (Wildman–Crippen LogP) is 3.56. The highest BCUT2D eigenvalue weighted by Crippen LogP contribution is 2.29. The monoisotopic (exact) mass is 358 g/mol. The largest absolute Gasteiger partial charge is 0.368 e. The van der Waals surface area contributed by atoms with E-state index in [0.717, 1.165) is 17.4 Å². The van der Waals surface area contributed by atoms with Crippen molar-refractivity contribution in [1.82, 2.24) is 5.32 Å². The first-order valence-electron chi connectivity index (χ1n) is 6.84. The molecule has 0 saturated carbocycles. The van der Waals surface area contributed by atoms with Crippen molar-refractivity contribution in [3.63, 3.8) is 0 Å². The summed E-state index contributed by atoms with van der Waals surface area (Å²) in [5.41, 5.74) is 4.92. The Labute approximate surface area is 134 Å². The maximum Gasteiger partial charge on any atom is 0.237 e. The number of hydrogen-bond acceptors (Lipinski definition) is 3. The first-order chi connectivity index (χ1) is 9.37. The Morgan fingerprint density at radius 3 is 2.55 bits per heavy atom. The van der Waals surface area contributed by atoms with E-state index in [0.29, 0.717) is 11.7 Å². The van der Waals surface area contributed by atoms with E-state index in [9.17, 15) is 4.79 Å². The van der Waals surface area contributed by atoms with Crippen molar-refractivity contribution in [3.05, 3.63) is 28.7 Å². The molecule has 20 heavy (non-hydrogen) atoms. The van der Waals surface area contributed by atoms with Crippen LogP contribution in [0, 0.1) is 0 Å². The molecule has 5 heteroatoms. The van der Waals surface area contributed by atoms with Crippen molar-refractivity contribution in [1.29, 1.82) is 0 Å². The molecule has 0 aliphatic heterocycles. The minimum atomic E-state index is -0.641. The van der Waals surface area contributed by atoms with Crippen LogP contribution in [0.1, 0.15) is 33.6 Å². The van der Waals surface area contributed by atoms with E-state index in [2.05, 4.69) is 47.2 Å². The average molecular weight is 359 g/mol. The molecular formula is C15H23BrN2OS. The molecule has 0 aliphatic carbocycles. The van der Waals surface area contributed by atoms with Crippen LogP contribution in [0.25, 0.3) is 0 Å². The molecule has 0 aliphatic rings. The Hall–Kier alpha value is -0.520. The Morgan fingerprint density at radius 1 is 1.45 bits per heavy atom. The number of thioether (sulfide) groups is 1. The molecule has 1 amide bonds. The summed E-state index contributed by atoms with van der Waals surface area (Å²) in [5, 5.41) is 3.58. The van der Waals surface area contributed by atoms with Gasteiger partial charge in [-0.2, -0.15) is 0 Å². The number of halogens is 1. The van der Waals surface area contributed by atoms with Gasteiger partial charge in [-0.15, -0.1) is 11.8 Å². The number of benzene rings is 1. The molecule has 1 aromatic rings. The number of carbonyl (C=O) groups excluding carboxylic acids is 1. The van der Waals surface area contributed by atoms with Crippen LogP contribution >= 0.6 is 27.7 Å². The van der Waals surface area contributed by atoms with Gasteiger partial charge in [0.2, 0.25) is 5.91 Å². The fraction of sp³-hybridized carbons (Fsp3) is 0.533. The maximum absolute atomic E-state index is 11.7. The van der Waals surface area contributed by atoms with Crippen LogP contribution in [0.4, 0.5) is 0 Å². The molecule has 0 bridgehead atoms. The zero-order valence-electron chi connectivity index (χ0n) is 12.3. The number of hydrogen-bond donors (Lipinski definition) is 2. The van der Waals surface area contributed by atoms with E-state index in [-0.39, 0.29) is 5.91 Å². The van der Waals surface area contributed by atoms with Gasteiger partial charge in [-0.3, -0.25) is 4.79 Å². The smallest absolute Gasteiger partial charge is 0.237 e. The molecule has 0 heterocycles. The first kappa shape index (κ1) is 17.5. The minimum Gasteiger partial charge on any atom is -0.368 e. The van der Waals surface area contributed by atoms with Crippen LogP contribution in [-0.4, -0.2) is 23.2 Å². The topological polar surface area (TPSA) is 55.1 Å². The zero-order valence-corrected chi connectivity index (χ0v) is 14.7. The predicted molar refractivity (Wildman–Crippen MR) is 90.0 cm³/mol. The summed E-state index contributed by atoms with van der Waals surface area (Å²) >= 11 is 5.19. The summed E-state index contributed by atoms with van der Waals surface area (Å²) in [7, 11) is 0. The molecular weight excluding hydrogens is 336 g/mol. The van der Waals surface area contributed by atoms with Crippen molar-refractivity contribution in [2.45, 2.75) is 49.3 Å². The number of carbonyl (C=O) groups is 1. The summed E-state index contributed by atoms with van der Waals surface area (Å²) in [6.07, 6.45) is 1.69. The number of rotatable bonds is 8. The summed E-state index contributed by atoms with van der Waals surface area (Å²) in [6, 6.07) is 8.20. The molecule has 0 radical (unpaired) electrons. The van der Waals surface area contributed by atoms with Crippen molar-refractivity contribution in [3.8, 4) is 0 Å². The summed E-state index contributed by atoms with van der Waals surface area (Å²) in [6.45, 7) is 6.90. The Morgan fingerprint density at radius 2 is 2.05 bits per heavy atom. The van der Waals surface area contributed by atoms with E-state index < -0.39 is 5.54 Å². The Balaban J connectivity index is 2.64. The third kappa shape index (κ3) is 5.46. The van der Waals surface area contributed by atoms with E-state index in [4.69, 9.17) is 5.73 Å². The lowest BCUT2D eigenvalue weighted by atomic mass is 9.95. The highest BCUT2D eigenvalue weighted by Gasteiger charge is 2.32. The van der Waals surface area contributed by atoms with Gasteiger partial charge in [0.25, 0.3) is 0 Å². The summed E-state index contributed by atoms with van der Waals surface area (Å²) in [5.74, 6) is -0.283. The second-order valence-corrected chi connectivity index (χ2v) is 7.64. The fourth-order valence-corrected chi connectivity index (χ4v) is 3.46. The Bertz CT molecular complexity index is 438. The van der Waals surface area contributed by atoms with Gasteiger partial charge >= 0.3 is 0 Å². The molecule has 1 aromatic carbocycles. The third-order valence-electron chi connectivity index (χ3n) is 3.16. The number of nitrogens with one attached hydrogen (secondary N) is 1. The van der Waals surface area contributed by atoms with Crippen molar-refractivity contribution in [2.24, 2.45) is 5.73 Å². The second-order valence-electron chi connectivity index (χ2n) is 5.21. The van der Waals surface area contributed by atoms with Gasteiger partial charge in [0.1, 0.15) is 0 Å². The average Bonchev–Trinajstić information content (AvgIpc) is 2.39. The van der Waals surface area contributed by atoms with E-state index in [1.807, 2.05) is 19.1 Å². The molecule has 1 rings (SSSR count). The lowest BCUT2D eigenvalue weighted by Gasteiger charge is -2.30. The van der Waals surface area contributed by atoms with Gasteiger partial charge in [0.05, 0.1) is 5.54 Å². The number of amides is 1. The minimum absolute atomic E-state index is 0.283. The molecule has 0 spiro atoms. The highest BCUT2D eigenvalue weighted by molar-refractivity contribution is 9.10. The van der Waals surface area contributed by atoms with Crippen molar-refractivity contribution in [2.75, 3.05) is 6.54 Å². The first-order valence-corrected chi connectivity index (χ1v) is 8.52. The summed E-state index contributed by atoms with van der Waals surface area (Å²) in [4.78, 5) is 12.9. The molecule has 0 aromatic heterocycles. The van der Waals surface area contributed by atoms with Gasteiger partial charge in [-0.25, -0.2) is 0 Å². The third-order valence-corrected chi connectivity index (χ3v) is 4.80. The molecule has 112 valence electrons. The lowest BCUT2D eigenvalue weighted by molar-refractivity contribution is -0.124. The van der Waals surface area contributed by atoms with E-state index in [1.54, 1.807) is 11.8 Å². The molecule has 2 unspecified atom stereocenters. The second kappa shape index (κ2) is 8.05. The van der Waals surface area contributed by atoms with Gasteiger partial charge in [-0.05, 0) is 50.6 Å². The van der Waals surface area contributed by atoms with Crippen molar-refractivity contribution < 1.29 is 4.79 Å². The van der Waals surface area contributed by atoms with Gasteiger partial charge in [0, 0.05) is 14.6 Å².